The highest BCUT2D eigenvalue weighted by Gasteiger charge is 2.27. The van der Waals surface area contributed by atoms with Gasteiger partial charge in [0.15, 0.2) is 11.5 Å². The monoisotopic (exact) mass is 315 g/mol. The molecule has 0 spiro atoms. The van der Waals surface area contributed by atoms with Gasteiger partial charge in [0.25, 0.3) is 11.5 Å². The number of anilines is 1. The Kier molecular flexibility index (Phi) is 4.29. The fraction of sp³-hybridized carbons (Fsp3) is 0.333. The van der Waals surface area contributed by atoms with E-state index in [1.807, 2.05) is 0 Å². The van der Waals surface area contributed by atoms with Crippen LogP contribution >= 0.6 is 0 Å². The Balaban J connectivity index is 2.06. The highest BCUT2D eigenvalue weighted by atomic mass is 19.4. The molecule has 0 saturated carbocycles. The maximum Gasteiger partial charge on any atom is 0.390 e. The van der Waals surface area contributed by atoms with Gasteiger partial charge < -0.3 is 9.88 Å². The Hall–Kier alpha value is -2.65. The molecule has 10 heteroatoms. The number of hydrogen-bond acceptors (Lipinski definition) is 4. The Bertz CT molecular complexity index is 735. The molecule has 0 saturated heterocycles. The van der Waals surface area contributed by atoms with Gasteiger partial charge in [-0.1, -0.05) is 0 Å². The van der Waals surface area contributed by atoms with Crippen LogP contribution in [0.5, 0.6) is 0 Å². The second-order valence-corrected chi connectivity index (χ2v) is 4.48. The fourth-order valence-corrected chi connectivity index (χ4v) is 1.60. The largest absolute Gasteiger partial charge is 0.390 e. The Morgan fingerprint density at radius 2 is 2.09 bits per heavy atom. The molecule has 0 aliphatic heterocycles. The van der Waals surface area contributed by atoms with E-state index >= 15 is 0 Å². The molecule has 22 heavy (non-hydrogen) atoms. The summed E-state index contributed by atoms with van der Waals surface area (Å²) in [5.74, 6) is -0.901. The van der Waals surface area contributed by atoms with Gasteiger partial charge in [0.1, 0.15) is 0 Å². The molecule has 2 heterocycles. The summed E-state index contributed by atoms with van der Waals surface area (Å²) in [6.45, 7) is -0.387. The van der Waals surface area contributed by atoms with Crippen LogP contribution in [0, 0.1) is 0 Å². The third-order valence-corrected chi connectivity index (χ3v) is 2.75. The highest BCUT2D eigenvalue weighted by molar-refractivity contribution is 6.02. The number of carbonyl (C=O) groups is 1. The third-order valence-electron chi connectivity index (χ3n) is 2.75. The van der Waals surface area contributed by atoms with E-state index in [2.05, 4.69) is 15.4 Å². The molecular formula is C12H12F3N5O2. The van der Waals surface area contributed by atoms with Gasteiger partial charge in [-0.3, -0.25) is 14.3 Å². The summed E-state index contributed by atoms with van der Waals surface area (Å²) in [5.41, 5.74) is -0.609. The van der Waals surface area contributed by atoms with Crippen molar-refractivity contribution in [2.45, 2.75) is 19.1 Å². The number of alkyl halides is 3. The summed E-state index contributed by atoms with van der Waals surface area (Å²) < 4.78 is 38.6. The van der Waals surface area contributed by atoms with E-state index in [4.69, 9.17) is 0 Å². The minimum atomic E-state index is -4.30. The number of halogens is 3. The smallest absolute Gasteiger partial charge is 0.314 e. The highest BCUT2D eigenvalue weighted by Crippen LogP contribution is 2.20. The molecule has 2 rings (SSSR count). The average molecular weight is 315 g/mol. The minimum absolute atomic E-state index is 0.102. The first-order valence-electron chi connectivity index (χ1n) is 6.19. The standard InChI is InChI=1S/C12H12F3N5O2/c1-19-7-4-16-9(11(19)22)17-10(21)8-2-5-20(18-8)6-3-12(13,14)15/h2,4-5,7H,3,6H2,1H3,(H,16,17,21). The first-order chi connectivity index (χ1) is 10.3. The van der Waals surface area contributed by atoms with E-state index in [9.17, 15) is 22.8 Å². The lowest BCUT2D eigenvalue weighted by Gasteiger charge is -2.05. The van der Waals surface area contributed by atoms with Crippen molar-refractivity contribution >= 4 is 11.7 Å². The quantitative estimate of drug-likeness (QED) is 0.918. The predicted octanol–water partition coefficient (Wildman–Crippen LogP) is 1.18. The van der Waals surface area contributed by atoms with E-state index in [1.165, 1.54) is 36.3 Å². The van der Waals surface area contributed by atoms with Gasteiger partial charge in [0, 0.05) is 32.2 Å². The van der Waals surface area contributed by atoms with Gasteiger partial charge in [0.2, 0.25) is 0 Å². The van der Waals surface area contributed by atoms with E-state index in [-0.39, 0.29) is 18.1 Å². The fourth-order valence-electron chi connectivity index (χ4n) is 1.60. The molecule has 0 bridgehead atoms. The molecule has 0 unspecified atom stereocenters. The summed E-state index contributed by atoms with van der Waals surface area (Å²) in [6, 6.07) is 1.26. The predicted molar refractivity (Wildman–Crippen MR) is 70.3 cm³/mol. The number of amides is 1. The van der Waals surface area contributed by atoms with Gasteiger partial charge in [-0.25, -0.2) is 4.98 Å². The maximum atomic E-state index is 12.1. The first-order valence-corrected chi connectivity index (χ1v) is 6.19. The lowest BCUT2D eigenvalue weighted by Crippen LogP contribution is -2.25. The van der Waals surface area contributed by atoms with Crippen molar-refractivity contribution in [2.75, 3.05) is 5.32 Å². The molecule has 2 aromatic heterocycles. The van der Waals surface area contributed by atoms with Crippen molar-refractivity contribution in [3.8, 4) is 0 Å². The van der Waals surface area contributed by atoms with Crippen molar-refractivity contribution in [1.29, 1.82) is 0 Å². The van der Waals surface area contributed by atoms with Crippen LogP contribution in [-0.2, 0) is 13.6 Å². The summed E-state index contributed by atoms with van der Waals surface area (Å²) >= 11 is 0. The molecule has 0 radical (unpaired) electrons. The zero-order valence-corrected chi connectivity index (χ0v) is 11.5. The van der Waals surface area contributed by atoms with Gasteiger partial charge in [-0.2, -0.15) is 18.3 Å². The lowest BCUT2D eigenvalue weighted by molar-refractivity contribution is -0.137. The molecule has 2 aromatic rings. The van der Waals surface area contributed by atoms with Crippen molar-refractivity contribution in [3.63, 3.8) is 0 Å². The molecule has 1 amide bonds. The van der Waals surface area contributed by atoms with Crippen LogP contribution < -0.4 is 10.9 Å². The summed E-state index contributed by atoms with van der Waals surface area (Å²) in [7, 11) is 1.49. The van der Waals surface area contributed by atoms with Crippen LogP contribution in [0.2, 0.25) is 0 Å². The SMILES string of the molecule is Cn1ccnc(NC(=O)c2ccn(CCC(F)(F)F)n2)c1=O. The van der Waals surface area contributed by atoms with Crippen molar-refractivity contribution in [3.05, 3.63) is 40.7 Å². The molecule has 1 N–H and O–H groups in total. The summed E-state index contributed by atoms with van der Waals surface area (Å²) in [4.78, 5) is 27.3. The van der Waals surface area contributed by atoms with Crippen molar-refractivity contribution in [1.82, 2.24) is 19.3 Å². The second kappa shape index (κ2) is 6.00. The van der Waals surface area contributed by atoms with Crippen molar-refractivity contribution < 1.29 is 18.0 Å². The lowest BCUT2D eigenvalue weighted by atomic mass is 10.4. The van der Waals surface area contributed by atoms with Crippen LogP contribution in [0.3, 0.4) is 0 Å². The zero-order valence-electron chi connectivity index (χ0n) is 11.5. The molecule has 0 aliphatic carbocycles. The van der Waals surface area contributed by atoms with Gasteiger partial charge in [-0.15, -0.1) is 0 Å². The Morgan fingerprint density at radius 3 is 2.77 bits per heavy atom. The number of nitrogens with zero attached hydrogens (tertiary/aromatic N) is 4. The Morgan fingerprint density at radius 1 is 1.36 bits per heavy atom. The van der Waals surface area contributed by atoms with Crippen LogP contribution in [0.4, 0.5) is 19.0 Å². The zero-order chi connectivity index (χ0) is 16.3. The molecule has 7 nitrogen and oxygen atoms in total. The van der Waals surface area contributed by atoms with Crippen molar-refractivity contribution in [2.24, 2.45) is 7.05 Å². The molecule has 118 valence electrons. The minimum Gasteiger partial charge on any atom is -0.314 e. The average Bonchev–Trinajstić information content (AvgIpc) is 2.90. The number of aromatic nitrogens is 4. The van der Waals surface area contributed by atoms with Gasteiger partial charge >= 0.3 is 6.18 Å². The summed E-state index contributed by atoms with van der Waals surface area (Å²) in [5, 5.41) is 6.00. The normalized spacial score (nSPS) is 11.5. The number of rotatable bonds is 4. The summed E-state index contributed by atoms with van der Waals surface area (Å²) in [6.07, 6.45) is -1.33. The topological polar surface area (TPSA) is 81.8 Å². The number of hydrogen-bond donors (Lipinski definition) is 1. The molecule has 0 aromatic carbocycles. The molecular weight excluding hydrogens is 303 g/mol. The van der Waals surface area contributed by atoms with Crippen LogP contribution in [0.1, 0.15) is 16.9 Å². The van der Waals surface area contributed by atoms with Crippen LogP contribution in [0.15, 0.2) is 29.5 Å². The van der Waals surface area contributed by atoms with Crippen LogP contribution in [0.25, 0.3) is 0 Å². The number of carbonyl (C=O) groups excluding carboxylic acids is 1. The molecule has 0 aliphatic rings. The second-order valence-electron chi connectivity index (χ2n) is 4.48. The van der Waals surface area contributed by atoms with E-state index in [0.717, 1.165) is 4.68 Å². The number of aryl methyl sites for hydroxylation is 2. The molecule has 0 fully saturated rings. The Labute approximate surface area is 122 Å². The first kappa shape index (κ1) is 15.7. The van der Waals surface area contributed by atoms with Gasteiger partial charge in [0.05, 0.1) is 6.42 Å². The van der Waals surface area contributed by atoms with E-state index < -0.39 is 24.1 Å². The van der Waals surface area contributed by atoms with Crippen LogP contribution in [-0.4, -0.2) is 31.4 Å². The number of nitrogens with one attached hydrogen (secondary N) is 1. The third kappa shape index (κ3) is 3.93. The van der Waals surface area contributed by atoms with Gasteiger partial charge in [-0.05, 0) is 6.07 Å². The molecule has 0 atom stereocenters. The maximum absolute atomic E-state index is 12.1. The van der Waals surface area contributed by atoms with E-state index in [0.29, 0.717) is 0 Å². The van der Waals surface area contributed by atoms with E-state index in [1.54, 1.807) is 0 Å².